The van der Waals surface area contributed by atoms with Crippen molar-refractivity contribution in [2.75, 3.05) is 16.9 Å². The van der Waals surface area contributed by atoms with E-state index in [0.29, 0.717) is 16.9 Å². The SMILES string of the molecule is Cc1ccc(C(C)C)c(OCc2nnc(SCC(=O)Nc3cccc4ccccc34)n2N)c1. The average molecular weight is 462 g/mol. The zero-order valence-corrected chi connectivity index (χ0v) is 19.7. The number of fused-ring (bicyclic) bond motifs is 1. The van der Waals surface area contributed by atoms with Crippen LogP contribution in [0.5, 0.6) is 5.75 Å². The van der Waals surface area contributed by atoms with E-state index >= 15 is 0 Å². The largest absolute Gasteiger partial charge is 0.485 e. The zero-order chi connectivity index (χ0) is 23.4. The number of nitrogens with one attached hydrogen (secondary N) is 1. The molecule has 33 heavy (non-hydrogen) atoms. The number of nitrogens with two attached hydrogens (primary N) is 1. The quantitative estimate of drug-likeness (QED) is 0.287. The Labute approximate surface area is 197 Å². The lowest BCUT2D eigenvalue weighted by Crippen LogP contribution is -2.18. The summed E-state index contributed by atoms with van der Waals surface area (Å²) in [5.41, 5.74) is 3.03. The molecule has 4 rings (SSSR count). The first kappa shape index (κ1) is 22.7. The lowest BCUT2D eigenvalue weighted by Gasteiger charge is -2.14. The summed E-state index contributed by atoms with van der Waals surface area (Å²) in [7, 11) is 0. The number of hydrogen-bond acceptors (Lipinski definition) is 6. The van der Waals surface area contributed by atoms with Crippen LogP contribution in [0.3, 0.4) is 0 Å². The summed E-state index contributed by atoms with van der Waals surface area (Å²) in [6.45, 7) is 6.47. The van der Waals surface area contributed by atoms with Crippen molar-refractivity contribution in [2.45, 2.75) is 38.5 Å². The van der Waals surface area contributed by atoms with Gasteiger partial charge in [-0.05, 0) is 41.5 Å². The van der Waals surface area contributed by atoms with Gasteiger partial charge in [0.15, 0.2) is 5.82 Å². The van der Waals surface area contributed by atoms with Crippen LogP contribution in [0.1, 0.15) is 36.7 Å². The van der Waals surface area contributed by atoms with Crippen LogP contribution in [0, 0.1) is 6.92 Å². The number of nitrogens with zero attached hydrogens (tertiary/aromatic N) is 3. The predicted octanol–water partition coefficient (Wildman–Crippen LogP) is 4.89. The van der Waals surface area contributed by atoms with Gasteiger partial charge in [0.05, 0.1) is 5.75 Å². The molecule has 0 aliphatic heterocycles. The van der Waals surface area contributed by atoms with Crippen molar-refractivity contribution in [1.82, 2.24) is 14.9 Å². The molecule has 0 spiro atoms. The number of rotatable bonds is 8. The van der Waals surface area contributed by atoms with Crippen molar-refractivity contribution in [3.8, 4) is 5.75 Å². The first-order valence-electron chi connectivity index (χ1n) is 10.8. The Morgan fingerprint density at radius 3 is 2.73 bits per heavy atom. The fourth-order valence-electron chi connectivity index (χ4n) is 3.54. The van der Waals surface area contributed by atoms with Gasteiger partial charge >= 0.3 is 0 Å². The van der Waals surface area contributed by atoms with Crippen LogP contribution in [0.4, 0.5) is 5.69 Å². The van der Waals surface area contributed by atoms with Crippen LogP contribution >= 0.6 is 11.8 Å². The van der Waals surface area contributed by atoms with Gasteiger partial charge in [-0.25, -0.2) is 4.68 Å². The number of carbonyl (C=O) groups is 1. The molecule has 0 fully saturated rings. The maximum Gasteiger partial charge on any atom is 0.234 e. The second-order valence-corrected chi connectivity index (χ2v) is 9.06. The Bertz CT molecular complexity index is 1280. The molecule has 0 radical (unpaired) electrons. The number of benzene rings is 3. The summed E-state index contributed by atoms with van der Waals surface area (Å²) in [6, 6.07) is 19.9. The summed E-state index contributed by atoms with van der Waals surface area (Å²) in [5.74, 6) is 7.83. The van der Waals surface area contributed by atoms with Crippen LogP contribution in [0.2, 0.25) is 0 Å². The van der Waals surface area contributed by atoms with Gasteiger partial charge in [0.25, 0.3) is 0 Å². The summed E-state index contributed by atoms with van der Waals surface area (Å²) in [5, 5.41) is 13.8. The van der Waals surface area contributed by atoms with E-state index in [1.807, 2.05) is 55.5 Å². The zero-order valence-electron chi connectivity index (χ0n) is 18.9. The highest BCUT2D eigenvalue weighted by molar-refractivity contribution is 7.99. The molecule has 0 aliphatic carbocycles. The van der Waals surface area contributed by atoms with Crippen molar-refractivity contribution in [3.05, 3.63) is 77.6 Å². The van der Waals surface area contributed by atoms with Crippen LogP contribution in [0.15, 0.2) is 65.8 Å². The first-order valence-corrected chi connectivity index (χ1v) is 11.7. The van der Waals surface area contributed by atoms with Gasteiger partial charge in [0.2, 0.25) is 11.1 Å². The Balaban J connectivity index is 1.37. The third kappa shape index (κ3) is 5.28. The number of aryl methyl sites for hydroxylation is 1. The molecule has 4 aromatic rings. The predicted molar refractivity (Wildman–Crippen MR) is 133 cm³/mol. The lowest BCUT2D eigenvalue weighted by molar-refractivity contribution is -0.113. The monoisotopic (exact) mass is 461 g/mol. The Morgan fingerprint density at radius 1 is 1.12 bits per heavy atom. The average Bonchev–Trinajstić information content (AvgIpc) is 3.15. The van der Waals surface area contributed by atoms with Crippen LogP contribution in [0.25, 0.3) is 10.8 Å². The molecular formula is C25H27N5O2S. The Hall–Kier alpha value is -3.52. The van der Waals surface area contributed by atoms with Gasteiger partial charge in [-0.3, -0.25) is 4.79 Å². The summed E-state index contributed by atoms with van der Waals surface area (Å²) in [6.07, 6.45) is 0. The van der Waals surface area contributed by atoms with E-state index in [1.54, 1.807) is 0 Å². The van der Waals surface area contributed by atoms with Crippen molar-refractivity contribution >= 4 is 34.1 Å². The number of hydrogen-bond donors (Lipinski definition) is 2. The molecule has 1 amide bonds. The number of aromatic nitrogens is 3. The van der Waals surface area contributed by atoms with Gasteiger partial charge in [-0.2, -0.15) is 0 Å². The molecule has 1 aromatic heterocycles. The van der Waals surface area contributed by atoms with E-state index in [-0.39, 0.29) is 18.3 Å². The molecule has 0 bridgehead atoms. The second-order valence-electron chi connectivity index (χ2n) is 8.12. The molecule has 8 heteroatoms. The van der Waals surface area contributed by atoms with Crippen molar-refractivity contribution in [3.63, 3.8) is 0 Å². The topological polar surface area (TPSA) is 95.1 Å². The van der Waals surface area contributed by atoms with Crippen LogP contribution in [-0.2, 0) is 11.4 Å². The molecule has 0 atom stereocenters. The lowest BCUT2D eigenvalue weighted by atomic mass is 10.0. The number of thioether (sulfide) groups is 1. The third-order valence-electron chi connectivity index (χ3n) is 5.28. The molecule has 0 saturated heterocycles. The number of amides is 1. The number of nitrogen functional groups attached to an aromatic ring is 1. The van der Waals surface area contributed by atoms with Crippen molar-refractivity contribution in [2.24, 2.45) is 0 Å². The minimum Gasteiger partial charge on any atom is -0.485 e. The van der Waals surface area contributed by atoms with E-state index in [0.717, 1.165) is 33.3 Å². The highest BCUT2D eigenvalue weighted by Gasteiger charge is 2.15. The van der Waals surface area contributed by atoms with Gasteiger partial charge in [-0.1, -0.05) is 74.1 Å². The highest BCUT2D eigenvalue weighted by Crippen LogP contribution is 2.28. The van der Waals surface area contributed by atoms with Crippen LogP contribution in [-0.4, -0.2) is 26.5 Å². The molecule has 7 nitrogen and oxygen atoms in total. The number of carbonyl (C=O) groups excluding carboxylic acids is 1. The normalized spacial score (nSPS) is 11.2. The second kappa shape index (κ2) is 9.95. The molecule has 1 heterocycles. The Kier molecular flexibility index (Phi) is 6.84. The Morgan fingerprint density at radius 2 is 1.91 bits per heavy atom. The molecule has 0 saturated carbocycles. The minimum atomic E-state index is -0.140. The maximum absolute atomic E-state index is 12.5. The molecular weight excluding hydrogens is 434 g/mol. The van der Waals surface area contributed by atoms with Gasteiger partial charge in [-0.15, -0.1) is 10.2 Å². The maximum atomic E-state index is 12.5. The molecule has 3 aromatic carbocycles. The summed E-state index contributed by atoms with van der Waals surface area (Å²) in [4.78, 5) is 12.5. The van der Waals surface area contributed by atoms with Crippen molar-refractivity contribution in [1.29, 1.82) is 0 Å². The third-order valence-corrected chi connectivity index (χ3v) is 6.22. The van der Waals surface area contributed by atoms with Crippen molar-refractivity contribution < 1.29 is 9.53 Å². The van der Waals surface area contributed by atoms with Gasteiger partial charge in [0.1, 0.15) is 12.4 Å². The smallest absolute Gasteiger partial charge is 0.234 e. The van der Waals surface area contributed by atoms with E-state index in [1.165, 1.54) is 16.4 Å². The number of ether oxygens (including phenoxy) is 1. The van der Waals surface area contributed by atoms with E-state index < -0.39 is 0 Å². The van der Waals surface area contributed by atoms with E-state index in [2.05, 4.69) is 41.5 Å². The fraction of sp³-hybridized carbons (Fsp3) is 0.240. The molecule has 3 N–H and O–H groups in total. The fourth-order valence-corrected chi connectivity index (χ4v) is 4.22. The van der Waals surface area contributed by atoms with E-state index in [9.17, 15) is 4.79 Å². The molecule has 0 aliphatic rings. The van der Waals surface area contributed by atoms with Crippen LogP contribution < -0.4 is 15.9 Å². The van der Waals surface area contributed by atoms with Gasteiger partial charge in [0, 0.05) is 11.1 Å². The first-order chi connectivity index (χ1) is 15.9. The highest BCUT2D eigenvalue weighted by atomic mass is 32.2. The molecule has 170 valence electrons. The molecule has 0 unspecified atom stereocenters. The standard InChI is InChI=1S/C25H27N5O2S/c1-16(2)19-12-11-17(3)13-22(19)32-14-23-28-29-25(30(23)26)33-15-24(31)27-21-10-6-8-18-7-4-5-9-20(18)21/h4-13,16H,14-15,26H2,1-3H3,(H,27,31). The summed E-state index contributed by atoms with van der Waals surface area (Å²) >= 11 is 1.23. The number of anilines is 1. The van der Waals surface area contributed by atoms with E-state index in [4.69, 9.17) is 10.6 Å². The van der Waals surface area contributed by atoms with Gasteiger partial charge < -0.3 is 15.9 Å². The minimum absolute atomic E-state index is 0.140. The summed E-state index contributed by atoms with van der Waals surface area (Å²) < 4.78 is 7.39.